The molecular formula is C21H19FN8O. The number of anilines is 2. The topological polar surface area (TPSA) is 129 Å². The van der Waals surface area contributed by atoms with Crippen LogP contribution in [-0.2, 0) is 0 Å². The van der Waals surface area contributed by atoms with Crippen molar-refractivity contribution in [3.63, 3.8) is 0 Å². The zero-order valence-corrected chi connectivity index (χ0v) is 16.7. The molecule has 4 aromatic rings. The van der Waals surface area contributed by atoms with Crippen molar-refractivity contribution >= 4 is 33.4 Å². The number of nitrogens with one attached hydrogen (secondary N) is 2. The second kappa shape index (κ2) is 7.37. The average Bonchev–Trinajstić information content (AvgIpc) is 3.36. The predicted octanol–water partition coefficient (Wildman–Crippen LogP) is 2.89. The normalized spacial score (nSPS) is 16.1. The minimum atomic E-state index is -0.356. The maximum Gasteiger partial charge on any atom is 0.326 e. The Labute approximate surface area is 176 Å². The molecule has 1 fully saturated rings. The van der Waals surface area contributed by atoms with Gasteiger partial charge in [0.25, 0.3) is 0 Å². The van der Waals surface area contributed by atoms with E-state index in [1.54, 1.807) is 19.2 Å². The lowest BCUT2D eigenvalue weighted by atomic mass is 10.1. The van der Waals surface area contributed by atoms with Gasteiger partial charge in [0.05, 0.1) is 22.8 Å². The fraction of sp³-hybridized carbons (Fsp3) is 0.238. The molecule has 1 aromatic carbocycles. The summed E-state index contributed by atoms with van der Waals surface area (Å²) in [5.74, 6) is 0.680. The summed E-state index contributed by atoms with van der Waals surface area (Å²) in [5, 5.41) is 13.3. The molecule has 4 N–H and O–H groups in total. The van der Waals surface area contributed by atoms with Crippen LogP contribution in [0.2, 0.25) is 0 Å². The number of aromatic nitrogens is 4. The smallest absolute Gasteiger partial charge is 0.326 e. The van der Waals surface area contributed by atoms with Crippen LogP contribution in [-0.4, -0.2) is 46.1 Å². The van der Waals surface area contributed by atoms with Crippen molar-refractivity contribution in [1.29, 1.82) is 5.26 Å². The first kappa shape index (κ1) is 19.0. The van der Waals surface area contributed by atoms with Crippen molar-refractivity contribution in [3.8, 4) is 17.8 Å². The third-order valence-electron chi connectivity index (χ3n) is 5.34. The predicted molar refractivity (Wildman–Crippen MR) is 115 cm³/mol. The zero-order chi connectivity index (χ0) is 21.5. The maximum atomic E-state index is 14.3. The van der Waals surface area contributed by atoms with E-state index in [4.69, 9.17) is 15.7 Å². The van der Waals surface area contributed by atoms with Crippen LogP contribution >= 0.6 is 0 Å². The van der Waals surface area contributed by atoms with E-state index in [0.717, 1.165) is 18.5 Å². The van der Waals surface area contributed by atoms with Gasteiger partial charge in [0.15, 0.2) is 0 Å². The second-order valence-corrected chi connectivity index (χ2v) is 7.39. The minimum Gasteiger partial charge on any atom is -0.423 e. The molecule has 156 valence electrons. The molecule has 10 heteroatoms. The molecule has 0 bridgehead atoms. The van der Waals surface area contributed by atoms with Gasteiger partial charge < -0.3 is 25.7 Å². The molecule has 0 saturated carbocycles. The molecule has 9 nitrogen and oxygen atoms in total. The SMILES string of the molecule is CNc1cc(F)cc2c1[nH]c1nc(Oc3ccc(C#N)nc3)nc(N3CC[C@@H](N)C3)c12. The first-order chi connectivity index (χ1) is 15.1. The van der Waals surface area contributed by atoms with Crippen LogP contribution in [0.1, 0.15) is 12.1 Å². The van der Waals surface area contributed by atoms with E-state index in [1.807, 2.05) is 6.07 Å². The molecule has 1 atom stereocenters. The lowest BCUT2D eigenvalue weighted by Gasteiger charge is -2.18. The first-order valence-electron chi connectivity index (χ1n) is 9.81. The summed E-state index contributed by atoms with van der Waals surface area (Å²) in [6, 6.07) is 8.20. The lowest BCUT2D eigenvalue weighted by molar-refractivity contribution is 0.442. The highest BCUT2D eigenvalue weighted by molar-refractivity contribution is 6.14. The number of rotatable bonds is 4. The summed E-state index contributed by atoms with van der Waals surface area (Å²) >= 11 is 0. The number of fused-ring (bicyclic) bond motifs is 3. The van der Waals surface area contributed by atoms with Crippen molar-refractivity contribution in [2.45, 2.75) is 12.5 Å². The first-order valence-corrected chi connectivity index (χ1v) is 9.81. The molecule has 0 aliphatic carbocycles. The summed E-state index contributed by atoms with van der Waals surface area (Å²) in [7, 11) is 1.73. The number of ether oxygens (including phenoxy) is 1. The van der Waals surface area contributed by atoms with E-state index < -0.39 is 0 Å². The molecule has 0 unspecified atom stereocenters. The minimum absolute atomic E-state index is 0.0342. The number of halogens is 1. The Bertz CT molecular complexity index is 1330. The van der Waals surface area contributed by atoms with Crippen LogP contribution in [0, 0.1) is 17.1 Å². The summed E-state index contributed by atoms with van der Waals surface area (Å²) in [5.41, 5.74) is 8.29. The molecule has 1 saturated heterocycles. The fourth-order valence-corrected chi connectivity index (χ4v) is 3.89. The molecule has 0 radical (unpaired) electrons. The van der Waals surface area contributed by atoms with Crippen molar-refractivity contribution in [3.05, 3.63) is 42.0 Å². The summed E-state index contributed by atoms with van der Waals surface area (Å²) in [6.45, 7) is 1.36. The molecule has 31 heavy (non-hydrogen) atoms. The number of aromatic amines is 1. The quantitative estimate of drug-likeness (QED) is 0.461. The Kier molecular flexibility index (Phi) is 4.52. The highest BCUT2D eigenvalue weighted by Gasteiger charge is 2.26. The Balaban J connectivity index is 1.69. The Morgan fingerprint density at radius 3 is 2.90 bits per heavy atom. The van der Waals surface area contributed by atoms with E-state index in [-0.39, 0.29) is 23.6 Å². The number of hydrogen-bond donors (Lipinski definition) is 3. The number of pyridine rings is 1. The number of nitrogens with zero attached hydrogens (tertiary/aromatic N) is 5. The van der Waals surface area contributed by atoms with Gasteiger partial charge in [-0.15, -0.1) is 0 Å². The van der Waals surface area contributed by atoms with Crippen LogP contribution in [0.4, 0.5) is 15.9 Å². The number of nitriles is 1. The van der Waals surface area contributed by atoms with Gasteiger partial charge in [0, 0.05) is 31.6 Å². The summed E-state index contributed by atoms with van der Waals surface area (Å²) < 4.78 is 20.1. The molecule has 0 spiro atoms. The molecule has 4 heterocycles. The monoisotopic (exact) mass is 418 g/mol. The molecular weight excluding hydrogens is 399 g/mol. The van der Waals surface area contributed by atoms with Crippen LogP contribution in [0.5, 0.6) is 11.8 Å². The third kappa shape index (κ3) is 3.35. The summed E-state index contributed by atoms with van der Waals surface area (Å²) in [4.78, 5) is 18.5. The highest BCUT2D eigenvalue weighted by Crippen LogP contribution is 2.38. The van der Waals surface area contributed by atoms with Gasteiger partial charge in [-0.25, -0.2) is 9.37 Å². The Morgan fingerprint density at radius 2 is 2.23 bits per heavy atom. The van der Waals surface area contributed by atoms with Crippen molar-refractivity contribution in [2.24, 2.45) is 5.73 Å². The van der Waals surface area contributed by atoms with Gasteiger partial charge in [-0.05, 0) is 30.7 Å². The van der Waals surface area contributed by atoms with Crippen molar-refractivity contribution < 1.29 is 9.13 Å². The van der Waals surface area contributed by atoms with Gasteiger partial charge >= 0.3 is 6.01 Å². The van der Waals surface area contributed by atoms with E-state index in [9.17, 15) is 4.39 Å². The lowest BCUT2D eigenvalue weighted by Crippen LogP contribution is -2.27. The average molecular weight is 418 g/mol. The highest BCUT2D eigenvalue weighted by atomic mass is 19.1. The standard InChI is InChI=1S/C21H19FN8O/c1-25-16-7-11(22)6-15-17-19(27-18(15)16)28-21(29-20(17)30-5-4-12(24)10-30)31-14-3-2-13(8-23)26-9-14/h2-3,6-7,9,12,25H,4-5,10,24H2,1H3,(H,27,28,29)/t12-/m1/s1. The van der Waals surface area contributed by atoms with Crippen LogP contribution in [0.25, 0.3) is 21.9 Å². The molecule has 0 amide bonds. The van der Waals surface area contributed by atoms with Gasteiger partial charge in [0.2, 0.25) is 0 Å². The van der Waals surface area contributed by atoms with E-state index in [2.05, 4.69) is 30.2 Å². The Morgan fingerprint density at radius 1 is 1.35 bits per heavy atom. The third-order valence-corrected chi connectivity index (χ3v) is 5.34. The van der Waals surface area contributed by atoms with Gasteiger partial charge in [0.1, 0.15) is 34.8 Å². The van der Waals surface area contributed by atoms with Crippen LogP contribution in [0.15, 0.2) is 30.5 Å². The molecule has 1 aliphatic heterocycles. The van der Waals surface area contributed by atoms with E-state index in [0.29, 0.717) is 40.2 Å². The van der Waals surface area contributed by atoms with E-state index in [1.165, 1.54) is 18.3 Å². The zero-order valence-electron chi connectivity index (χ0n) is 16.7. The van der Waals surface area contributed by atoms with Gasteiger partial charge in [-0.1, -0.05) is 0 Å². The van der Waals surface area contributed by atoms with Crippen LogP contribution in [0.3, 0.4) is 0 Å². The number of nitrogens with two attached hydrogens (primary N) is 1. The maximum absolute atomic E-state index is 14.3. The fourth-order valence-electron chi connectivity index (χ4n) is 3.89. The van der Waals surface area contributed by atoms with Gasteiger partial charge in [-0.2, -0.15) is 15.2 Å². The number of H-pyrrole nitrogens is 1. The largest absolute Gasteiger partial charge is 0.423 e. The van der Waals surface area contributed by atoms with Crippen molar-refractivity contribution in [2.75, 3.05) is 30.4 Å². The Hall–Kier alpha value is -3.97. The van der Waals surface area contributed by atoms with Crippen LogP contribution < -0.4 is 20.7 Å². The molecule has 5 rings (SSSR count). The molecule has 3 aromatic heterocycles. The second-order valence-electron chi connectivity index (χ2n) is 7.39. The molecule has 1 aliphatic rings. The number of benzene rings is 1. The van der Waals surface area contributed by atoms with Crippen molar-refractivity contribution in [1.82, 2.24) is 19.9 Å². The number of hydrogen-bond acceptors (Lipinski definition) is 8. The summed E-state index contributed by atoms with van der Waals surface area (Å²) in [6.07, 6.45) is 2.27. The van der Waals surface area contributed by atoms with E-state index >= 15 is 0 Å². The van der Waals surface area contributed by atoms with Gasteiger partial charge in [-0.3, -0.25) is 0 Å².